The second-order valence-electron chi connectivity index (χ2n) is 8.41. The molecule has 0 fully saturated rings. The van der Waals surface area contributed by atoms with Crippen molar-refractivity contribution in [3.63, 3.8) is 0 Å². The van der Waals surface area contributed by atoms with Crippen LogP contribution in [0.15, 0.2) is 121 Å². The Hall–Kier alpha value is -2.45. The monoisotopic (exact) mass is 660 g/mol. The minimum atomic E-state index is 0. The van der Waals surface area contributed by atoms with Gasteiger partial charge in [-0.25, -0.2) is 0 Å². The number of hydrogen-bond acceptors (Lipinski definition) is 0. The number of hydrogen-bond donors (Lipinski definition) is 0. The van der Waals surface area contributed by atoms with E-state index in [4.69, 9.17) is 0 Å². The van der Waals surface area contributed by atoms with Crippen LogP contribution in [0.3, 0.4) is 0 Å². The standard InChI is InChI=1S/2C16H13.2ClH.Hf/c2*1-12-10-14-8-5-9-15(16(14)11-12)13-6-3-2-4-7-13;;;/h2*2-11H,1H3;2*1H;/q2*-1;;;+4/p-2. The topological polar surface area (TPSA) is 0 Å². The van der Waals surface area contributed by atoms with Crippen LogP contribution in [0, 0.1) is 13.8 Å². The van der Waals surface area contributed by atoms with Gasteiger partial charge in [0.2, 0.25) is 0 Å². The first-order chi connectivity index (χ1) is 15.7. The molecule has 0 saturated heterocycles. The van der Waals surface area contributed by atoms with Crippen LogP contribution in [-0.2, 0) is 25.8 Å². The SMILES string of the molecule is Cc1cc2c(-c3ccccc3)cccc2[cH-]1.Cc1cc2c(-c3ccccc3)cccc2[cH-]1.[Cl-].[Cl-].[Hf+4]. The summed E-state index contributed by atoms with van der Waals surface area (Å²) >= 11 is 0. The van der Waals surface area contributed by atoms with Crippen LogP contribution in [0.5, 0.6) is 0 Å². The Morgan fingerprint density at radius 3 is 1.20 bits per heavy atom. The fourth-order valence-corrected chi connectivity index (χ4v) is 4.51. The molecule has 0 aliphatic carbocycles. The molecule has 0 bridgehead atoms. The third-order valence-corrected chi connectivity index (χ3v) is 5.96. The predicted molar refractivity (Wildman–Crippen MR) is 139 cm³/mol. The molecule has 0 aliphatic heterocycles. The third kappa shape index (κ3) is 6.41. The Morgan fingerprint density at radius 1 is 0.457 bits per heavy atom. The van der Waals surface area contributed by atoms with Crippen LogP contribution in [-0.4, -0.2) is 0 Å². The van der Waals surface area contributed by atoms with Crippen molar-refractivity contribution < 1.29 is 50.7 Å². The second kappa shape index (κ2) is 13.0. The van der Waals surface area contributed by atoms with Crippen molar-refractivity contribution in [3.05, 3.63) is 132 Å². The van der Waals surface area contributed by atoms with Gasteiger partial charge in [0.15, 0.2) is 0 Å². The third-order valence-electron chi connectivity index (χ3n) is 5.96. The number of benzene rings is 4. The second-order valence-corrected chi connectivity index (χ2v) is 8.41. The first-order valence-corrected chi connectivity index (χ1v) is 11.1. The van der Waals surface area contributed by atoms with Gasteiger partial charge in [-0.2, -0.15) is 12.1 Å². The van der Waals surface area contributed by atoms with E-state index in [-0.39, 0.29) is 50.7 Å². The summed E-state index contributed by atoms with van der Waals surface area (Å²) in [7, 11) is 0. The van der Waals surface area contributed by atoms with Crippen molar-refractivity contribution in [2.24, 2.45) is 0 Å². The van der Waals surface area contributed by atoms with E-state index in [0.29, 0.717) is 0 Å². The number of aryl methyl sites for hydroxylation is 2. The Labute approximate surface area is 239 Å². The summed E-state index contributed by atoms with van der Waals surface area (Å²) < 4.78 is 0. The van der Waals surface area contributed by atoms with Crippen molar-refractivity contribution in [1.29, 1.82) is 0 Å². The molecule has 0 aromatic heterocycles. The average molecular weight is 660 g/mol. The number of fused-ring (bicyclic) bond motifs is 2. The summed E-state index contributed by atoms with van der Waals surface area (Å²) in [5, 5.41) is 5.37. The van der Waals surface area contributed by atoms with E-state index in [9.17, 15) is 0 Å². The van der Waals surface area contributed by atoms with Gasteiger partial charge >= 0.3 is 25.8 Å². The van der Waals surface area contributed by atoms with Gasteiger partial charge in [0, 0.05) is 0 Å². The fraction of sp³-hybridized carbons (Fsp3) is 0.0625. The molecule has 0 spiro atoms. The first-order valence-electron chi connectivity index (χ1n) is 11.1. The maximum absolute atomic E-state index is 2.26. The van der Waals surface area contributed by atoms with Crippen LogP contribution >= 0.6 is 0 Å². The van der Waals surface area contributed by atoms with Crippen LogP contribution in [0.25, 0.3) is 43.8 Å². The molecule has 172 valence electrons. The van der Waals surface area contributed by atoms with Gasteiger partial charge < -0.3 is 24.8 Å². The van der Waals surface area contributed by atoms with Crippen LogP contribution < -0.4 is 24.8 Å². The normalized spacial score (nSPS) is 9.89. The zero-order valence-electron chi connectivity index (χ0n) is 19.8. The molecule has 0 unspecified atom stereocenters. The molecular weight excluding hydrogens is 634 g/mol. The van der Waals surface area contributed by atoms with Crippen molar-refractivity contribution in [1.82, 2.24) is 0 Å². The van der Waals surface area contributed by atoms with E-state index in [2.05, 4.69) is 135 Å². The quantitative estimate of drug-likeness (QED) is 0.198. The van der Waals surface area contributed by atoms with Crippen molar-refractivity contribution in [2.45, 2.75) is 13.8 Å². The Kier molecular flexibility index (Phi) is 10.7. The first kappa shape index (κ1) is 28.8. The molecule has 6 rings (SSSR count). The van der Waals surface area contributed by atoms with Gasteiger partial charge in [-0.05, 0) is 11.1 Å². The molecule has 6 aromatic carbocycles. The maximum Gasteiger partial charge on any atom is 4.00 e. The van der Waals surface area contributed by atoms with E-state index < -0.39 is 0 Å². The van der Waals surface area contributed by atoms with Gasteiger partial charge in [-0.1, -0.05) is 97.8 Å². The molecule has 0 radical (unpaired) electrons. The molecule has 3 heteroatoms. The molecule has 0 nitrogen and oxygen atoms in total. The summed E-state index contributed by atoms with van der Waals surface area (Å²) in [5.74, 6) is 0. The molecule has 35 heavy (non-hydrogen) atoms. The van der Waals surface area contributed by atoms with Crippen molar-refractivity contribution in [2.75, 3.05) is 0 Å². The summed E-state index contributed by atoms with van der Waals surface area (Å²) in [6.07, 6.45) is 0. The Bertz CT molecular complexity index is 1360. The van der Waals surface area contributed by atoms with E-state index in [1.165, 1.54) is 54.9 Å². The average Bonchev–Trinajstić information content (AvgIpc) is 3.41. The fourth-order valence-electron chi connectivity index (χ4n) is 4.51. The Morgan fingerprint density at radius 2 is 0.829 bits per heavy atom. The maximum atomic E-state index is 2.26. The van der Waals surface area contributed by atoms with E-state index in [0.717, 1.165) is 0 Å². The van der Waals surface area contributed by atoms with Gasteiger partial charge in [0.05, 0.1) is 0 Å². The number of rotatable bonds is 2. The summed E-state index contributed by atoms with van der Waals surface area (Å²) in [6.45, 7) is 4.30. The van der Waals surface area contributed by atoms with Gasteiger partial charge in [0.1, 0.15) is 0 Å². The molecule has 0 amide bonds. The molecule has 6 aromatic rings. The van der Waals surface area contributed by atoms with E-state index in [1.807, 2.05) is 0 Å². The van der Waals surface area contributed by atoms with Crippen LogP contribution in [0.1, 0.15) is 11.1 Å². The minimum Gasteiger partial charge on any atom is -1.00 e. The molecule has 0 saturated carbocycles. The summed E-state index contributed by atoms with van der Waals surface area (Å²) in [4.78, 5) is 0. The largest absolute Gasteiger partial charge is 4.00 e. The van der Waals surface area contributed by atoms with Gasteiger partial charge in [-0.3, -0.25) is 0 Å². The van der Waals surface area contributed by atoms with Crippen LogP contribution in [0.2, 0.25) is 0 Å². The smallest absolute Gasteiger partial charge is 1.00 e. The molecular formula is C32H26Cl2Hf. The van der Waals surface area contributed by atoms with E-state index >= 15 is 0 Å². The van der Waals surface area contributed by atoms with E-state index in [1.54, 1.807) is 0 Å². The van der Waals surface area contributed by atoms with Gasteiger partial charge in [0.25, 0.3) is 0 Å². The van der Waals surface area contributed by atoms with Gasteiger partial charge in [-0.15, -0.1) is 69.1 Å². The predicted octanol–water partition coefficient (Wildman–Crippen LogP) is 3.07. The molecule has 0 heterocycles. The zero-order valence-corrected chi connectivity index (χ0v) is 24.9. The summed E-state index contributed by atoms with van der Waals surface area (Å²) in [5.41, 5.74) is 7.89. The zero-order chi connectivity index (χ0) is 21.9. The van der Waals surface area contributed by atoms with Crippen molar-refractivity contribution in [3.8, 4) is 22.3 Å². The van der Waals surface area contributed by atoms with Crippen LogP contribution in [0.4, 0.5) is 0 Å². The molecule has 0 aliphatic rings. The minimum absolute atomic E-state index is 0. The number of halogens is 2. The molecule has 0 N–H and O–H groups in total. The Balaban J connectivity index is 0.000000227. The van der Waals surface area contributed by atoms with Crippen molar-refractivity contribution >= 4 is 21.5 Å². The molecule has 0 atom stereocenters. The summed E-state index contributed by atoms with van der Waals surface area (Å²) in [6, 6.07) is 43.1.